The van der Waals surface area contributed by atoms with Crippen molar-refractivity contribution in [3.05, 3.63) is 35.4 Å². The molecule has 3 aromatic rings. The van der Waals surface area contributed by atoms with Crippen molar-refractivity contribution in [2.75, 3.05) is 31.1 Å². The Morgan fingerprint density at radius 2 is 1.80 bits per heavy atom. The third-order valence-corrected chi connectivity index (χ3v) is 7.02. The number of rotatable bonds is 4. The number of amides is 2. The van der Waals surface area contributed by atoms with Crippen molar-refractivity contribution in [3.63, 3.8) is 0 Å². The van der Waals surface area contributed by atoms with E-state index in [1.54, 1.807) is 15.9 Å². The lowest BCUT2D eigenvalue weighted by Crippen LogP contribution is -2.54. The molecule has 1 saturated carbocycles. The zero-order valence-electron chi connectivity index (χ0n) is 20.8. The van der Waals surface area contributed by atoms with Crippen LogP contribution < -0.4 is 19.8 Å². The molecule has 2 fully saturated rings. The molecule has 5 rings (SSSR count). The first-order valence-electron chi connectivity index (χ1n) is 12.4. The predicted octanol–water partition coefficient (Wildman–Crippen LogP) is 3.76. The lowest BCUT2D eigenvalue weighted by atomic mass is 9.92. The van der Waals surface area contributed by atoms with Gasteiger partial charge in [-0.2, -0.15) is 23.0 Å². The van der Waals surface area contributed by atoms with Crippen LogP contribution in [0, 0.1) is 0 Å². The molecule has 3 heterocycles. The highest BCUT2D eigenvalue weighted by Crippen LogP contribution is 2.33. The Morgan fingerprint density at radius 1 is 1.10 bits per heavy atom. The lowest BCUT2D eigenvalue weighted by molar-refractivity contribution is -0.841. The van der Waals surface area contributed by atoms with E-state index in [1.807, 2.05) is 0 Å². The number of hydrogen-bond donors (Lipinski definition) is 1. The fourth-order valence-electron chi connectivity index (χ4n) is 4.61. The Labute approximate surface area is 228 Å². The molecule has 0 unspecified atom stereocenters. The van der Waals surface area contributed by atoms with Crippen LogP contribution in [-0.4, -0.2) is 71.4 Å². The zero-order valence-corrected chi connectivity index (χ0v) is 21.5. The molecule has 1 aliphatic carbocycles. The van der Waals surface area contributed by atoms with Crippen molar-refractivity contribution in [2.24, 2.45) is 0 Å². The first kappa shape index (κ1) is 27.8. The molecule has 0 spiro atoms. The summed E-state index contributed by atoms with van der Waals surface area (Å²) in [5.41, 5.74) is 0.0191. The second kappa shape index (κ2) is 10.7. The number of benzene rings is 1. The van der Waals surface area contributed by atoms with Crippen LogP contribution in [0.4, 0.5) is 32.8 Å². The number of carbonyl (C=O) groups is 2. The number of fused-ring (bicyclic) bond motifs is 1. The largest absolute Gasteiger partial charge is 0.498 e. The van der Waals surface area contributed by atoms with Crippen LogP contribution in [0.15, 0.2) is 34.9 Å². The average Bonchev–Trinajstić information content (AvgIpc) is 3.39. The summed E-state index contributed by atoms with van der Waals surface area (Å²) in [5, 5.41) is 7.38. The molecule has 16 heteroatoms. The third kappa shape index (κ3) is 6.03. The van der Waals surface area contributed by atoms with E-state index < -0.39 is 18.1 Å². The van der Waals surface area contributed by atoms with Crippen molar-refractivity contribution in [1.82, 2.24) is 20.4 Å². The number of piperazine rings is 1. The van der Waals surface area contributed by atoms with Crippen molar-refractivity contribution < 1.29 is 45.6 Å². The van der Waals surface area contributed by atoms with E-state index in [0.717, 1.165) is 0 Å². The minimum Gasteiger partial charge on any atom is -0.335 e. The van der Waals surface area contributed by atoms with Crippen LogP contribution in [0.25, 0.3) is 22.4 Å². The molecule has 2 amide bonds. The van der Waals surface area contributed by atoms with Gasteiger partial charge in [0.2, 0.25) is 5.92 Å². The van der Waals surface area contributed by atoms with Crippen LogP contribution in [-0.2, 0) is 4.79 Å². The number of nitrogens with zero attached hydrogens (tertiary/aromatic N) is 5. The quantitative estimate of drug-likeness (QED) is 0.365. The molecule has 0 radical (unpaired) electrons. The molecule has 1 aliphatic heterocycles. The molecule has 1 aromatic carbocycles. The monoisotopic (exact) mass is 589 g/mol. The zero-order chi connectivity index (χ0) is 28.7. The summed E-state index contributed by atoms with van der Waals surface area (Å²) >= 11 is 5.99. The number of urea groups is 1. The summed E-state index contributed by atoms with van der Waals surface area (Å²) in [4.78, 5) is 36.5. The van der Waals surface area contributed by atoms with Gasteiger partial charge in [-0.05, 0) is 36.2 Å². The topological polar surface area (TPSA) is 105 Å². The number of pyridine rings is 1. The van der Waals surface area contributed by atoms with Gasteiger partial charge in [0.05, 0.1) is 5.39 Å². The van der Waals surface area contributed by atoms with Gasteiger partial charge >= 0.3 is 29.9 Å². The molecule has 40 heavy (non-hydrogen) atoms. The molecule has 2 aromatic heterocycles. The van der Waals surface area contributed by atoms with Crippen molar-refractivity contribution in [1.29, 1.82) is 0 Å². The van der Waals surface area contributed by atoms with Crippen LogP contribution >= 0.6 is 11.6 Å². The first-order valence-corrected chi connectivity index (χ1v) is 12.7. The minimum absolute atomic E-state index is 0.0504. The molecule has 2 aliphatic rings. The summed E-state index contributed by atoms with van der Waals surface area (Å²) in [6.07, 6.45) is -5.35. The number of anilines is 1. The highest BCUT2D eigenvalue weighted by Gasteiger charge is 2.46. The van der Waals surface area contributed by atoms with Gasteiger partial charge in [-0.25, -0.2) is 18.4 Å². The maximum atomic E-state index is 13.4. The molecule has 0 bridgehead atoms. The van der Waals surface area contributed by atoms with E-state index in [0.29, 0.717) is 28.2 Å². The van der Waals surface area contributed by atoms with E-state index >= 15 is 0 Å². The number of hydrogen-bond acceptors (Lipinski definition) is 7. The Kier molecular flexibility index (Phi) is 7.42. The molecular weight excluding hydrogens is 567 g/mol. The van der Waals surface area contributed by atoms with E-state index in [1.165, 1.54) is 24.3 Å². The van der Waals surface area contributed by atoms with Crippen LogP contribution in [0.2, 0.25) is 5.02 Å². The van der Waals surface area contributed by atoms with Gasteiger partial charge in [-0.3, -0.25) is 0 Å². The summed E-state index contributed by atoms with van der Waals surface area (Å²) in [6.45, 7) is 1.17. The van der Waals surface area contributed by atoms with Crippen molar-refractivity contribution in [2.45, 2.75) is 43.8 Å². The van der Waals surface area contributed by atoms with Crippen molar-refractivity contribution >= 4 is 40.5 Å². The summed E-state index contributed by atoms with van der Waals surface area (Å²) in [5.74, 6) is -5.27. The molecule has 1 saturated heterocycles. The first-order chi connectivity index (χ1) is 18.9. The fourth-order valence-corrected chi connectivity index (χ4v) is 4.79. The Balaban J connectivity index is 1.29. The van der Waals surface area contributed by atoms with E-state index in [-0.39, 0.29) is 73.9 Å². The van der Waals surface area contributed by atoms with E-state index in [4.69, 9.17) is 16.1 Å². The second-order valence-corrected chi connectivity index (χ2v) is 9.98. The Morgan fingerprint density at radius 3 is 2.48 bits per heavy atom. The van der Waals surface area contributed by atoms with Gasteiger partial charge in [0.25, 0.3) is 11.3 Å². The van der Waals surface area contributed by atoms with Gasteiger partial charge in [-0.15, -0.1) is 0 Å². The van der Waals surface area contributed by atoms with Crippen molar-refractivity contribution in [3.8, 4) is 11.5 Å². The predicted molar refractivity (Wildman–Crippen MR) is 130 cm³/mol. The fraction of sp³-hybridized carbons (Fsp3) is 0.458. The third-order valence-electron chi connectivity index (χ3n) is 6.78. The van der Waals surface area contributed by atoms with Crippen LogP contribution in [0.5, 0.6) is 0 Å². The number of aromatic nitrogens is 3. The van der Waals surface area contributed by atoms with Gasteiger partial charge in [0.1, 0.15) is 0 Å². The summed E-state index contributed by atoms with van der Waals surface area (Å²) in [6, 6.07) is 6.61. The lowest BCUT2D eigenvalue weighted by Gasteiger charge is -2.35. The SMILES string of the molecule is O=C(NC1CCC(F)(F)CC1)N1CCN(c2nc(-c3ccc4cc(Cl)ccc4[n+]3OC(=O)C(F)(F)F)no2)CC1. The minimum atomic E-state index is -5.25. The summed E-state index contributed by atoms with van der Waals surface area (Å²) < 4.78 is 71.7. The molecule has 214 valence electrons. The Bertz CT molecular complexity index is 1420. The van der Waals surface area contributed by atoms with Crippen LogP contribution in [0.3, 0.4) is 0 Å². The number of alkyl halides is 5. The second-order valence-electron chi connectivity index (χ2n) is 9.55. The smallest absolute Gasteiger partial charge is 0.335 e. The van der Waals surface area contributed by atoms with E-state index in [9.17, 15) is 31.5 Å². The van der Waals surface area contributed by atoms with Gasteiger partial charge in [-0.1, -0.05) is 11.6 Å². The van der Waals surface area contributed by atoms with Crippen LogP contribution in [0.1, 0.15) is 25.7 Å². The molecule has 0 atom stereocenters. The highest BCUT2D eigenvalue weighted by molar-refractivity contribution is 6.31. The number of carbonyl (C=O) groups excluding carboxylic acids is 2. The number of nitrogens with one attached hydrogen (secondary N) is 1. The Hall–Kier alpha value is -3.75. The van der Waals surface area contributed by atoms with Gasteiger partial charge < -0.3 is 19.6 Å². The normalized spacial score (nSPS) is 18.1. The average molecular weight is 590 g/mol. The standard InChI is InChI=1S/C24H22ClF5N6O4/c25-15-2-4-17-14(13-15)1-3-18(36(17)40-20(37)24(28,29)30)19-32-22(39-33-19)35-11-9-34(10-12-35)21(38)31-16-5-7-23(26,27)8-6-16/h1-4,13,16H,5-12H2/p+1. The van der Waals surface area contributed by atoms with Gasteiger partial charge in [0.15, 0.2) is 0 Å². The maximum Gasteiger partial charge on any atom is 0.498 e. The highest BCUT2D eigenvalue weighted by atomic mass is 35.5. The molecular formula is C24H23ClF5N6O4+. The number of halogens is 6. The molecule has 10 nitrogen and oxygen atoms in total. The maximum absolute atomic E-state index is 13.4. The van der Waals surface area contributed by atoms with E-state index in [2.05, 4.69) is 20.3 Å². The molecule has 1 N–H and O–H groups in total. The summed E-state index contributed by atoms with van der Waals surface area (Å²) in [7, 11) is 0. The van der Waals surface area contributed by atoms with Gasteiger partial charge in [0, 0.05) is 66.9 Å².